The van der Waals surface area contributed by atoms with Gasteiger partial charge in [0.1, 0.15) is 0 Å². The fourth-order valence-electron chi connectivity index (χ4n) is 2.39. The first kappa shape index (κ1) is 9.77. The van der Waals surface area contributed by atoms with Crippen LogP contribution in [0.3, 0.4) is 0 Å². The number of urea groups is 1. The van der Waals surface area contributed by atoms with Crippen molar-refractivity contribution in [3.63, 3.8) is 0 Å². The third kappa shape index (κ3) is 2.00. The number of hydrogen-bond donors (Lipinski definition) is 2. The van der Waals surface area contributed by atoms with Crippen molar-refractivity contribution < 1.29 is 9.90 Å². The molecule has 0 aromatic carbocycles. The molecule has 1 aliphatic heterocycles. The van der Waals surface area contributed by atoms with Crippen molar-refractivity contribution >= 4 is 6.03 Å². The highest BCUT2D eigenvalue weighted by atomic mass is 16.3. The van der Waals surface area contributed by atoms with Gasteiger partial charge in [-0.05, 0) is 12.8 Å². The summed E-state index contributed by atoms with van der Waals surface area (Å²) in [5, 5.41) is 13.0. The van der Waals surface area contributed by atoms with Crippen LogP contribution in [0.1, 0.15) is 32.1 Å². The number of β-amino-alcohol motifs (C(OH)–C–C–N with tert-alkyl or cyclic N) is 1. The van der Waals surface area contributed by atoms with Crippen molar-refractivity contribution in [2.24, 2.45) is 0 Å². The monoisotopic (exact) mass is 198 g/mol. The van der Waals surface area contributed by atoms with Crippen LogP contribution >= 0.6 is 0 Å². The van der Waals surface area contributed by atoms with Crippen LogP contribution in [0, 0.1) is 0 Å². The van der Waals surface area contributed by atoms with Gasteiger partial charge in [0, 0.05) is 13.1 Å². The predicted octanol–water partition coefficient (Wildman–Crippen LogP) is 0.707. The van der Waals surface area contributed by atoms with E-state index in [2.05, 4.69) is 5.32 Å². The summed E-state index contributed by atoms with van der Waals surface area (Å²) < 4.78 is 0. The number of carbonyl (C=O) groups excluding carboxylic acids is 1. The Hall–Kier alpha value is -0.770. The minimum atomic E-state index is -0.611. The van der Waals surface area contributed by atoms with E-state index in [-0.39, 0.29) is 6.03 Å². The first-order valence-corrected chi connectivity index (χ1v) is 5.45. The van der Waals surface area contributed by atoms with Gasteiger partial charge in [-0.3, -0.25) is 0 Å². The van der Waals surface area contributed by atoms with Crippen molar-refractivity contribution in [1.82, 2.24) is 10.2 Å². The van der Waals surface area contributed by atoms with Crippen LogP contribution in [0.5, 0.6) is 0 Å². The van der Waals surface area contributed by atoms with Crippen molar-refractivity contribution in [2.75, 3.05) is 19.6 Å². The van der Waals surface area contributed by atoms with Gasteiger partial charge in [0.25, 0.3) is 0 Å². The van der Waals surface area contributed by atoms with E-state index in [1.807, 2.05) is 0 Å². The number of hydrogen-bond acceptors (Lipinski definition) is 2. The second-order valence-electron chi connectivity index (χ2n) is 4.44. The highest BCUT2D eigenvalue weighted by Gasteiger charge is 2.34. The zero-order valence-electron chi connectivity index (χ0n) is 8.46. The van der Waals surface area contributed by atoms with Crippen molar-refractivity contribution in [2.45, 2.75) is 37.7 Å². The van der Waals surface area contributed by atoms with Gasteiger partial charge in [-0.15, -0.1) is 0 Å². The molecule has 2 amide bonds. The van der Waals surface area contributed by atoms with Crippen molar-refractivity contribution in [3.8, 4) is 0 Å². The van der Waals surface area contributed by atoms with Gasteiger partial charge in [0.15, 0.2) is 0 Å². The van der Waals surface area contributed by atoms with E-state index < -0.39 is 5.60 Å². The van der Waals surface area contributed by atoms with E-state index in [0.717, 1.165) is 38.8 Å². The third-order valence-corrected chi connectivity index (χ3v) is 3.21. The lowest BCUT2D eigenvalue weighted by Crippen LogP contribution is -2.45. The number of nitrogens with zero attached hydrogens (tertiary/aromatic N) is 1. The largest absolute Gasteiger partial charge is 0.388 e. The van der Waals surface area contributed by atoms with E-state index in [1.165, 1.54) is 6.42 Å². The lowest BCUT2D eigenvalue weighted by Gasteiger charge is -2.34. The highest BCUT2D eigenvalue weighted by molar-refractivity contribution is 5.76. The summed E-state index contributed by atoms with van der Waals surface area (Å²) in [4.78, 5) is 13.0. The lowest BCUT2D eigenvalue weighted by molar-refractivity contribution is -0.0143. The Labute approximate surface area is 84.3 Å². The Bertz CT molecular complexity index is 224. The summed E-state index contributed by atoms with van der Waals surface area (Å²) >= 11 is 0. The quantitative estimate of drug-likeness (QED) is 0.686. The zero-order chi connectivity index (χ0) is 10.0. The maximum Gasteiger partial charge on any atom is 0.317 e. The summed E-state index contributed by atoms with van der Waals surface area (Å²) in [6.45, 7) is 1.97. The molecule has 0 atom stereocenters. The predicted molar refractivity (Wildman–Crippen MR) is 53.0 cm³/mol. The zero-order valence-corrected chi connectivity index (χ0v) is 8.46. The van der Waals surface area contributed by atoms with E-state index in [0.29, 0.717) is 6.54 Å². The maximum absolute atomic E-state index is 11.3. The Morgan fingerprint density at radius 3 is 2.64 bits per heavy atom. The summed E-state index contributed by atoms with van der Waals surface area (Å²) in [6, 6.07) is -0.0241. The first-order chi connectivity index (χ1) is 6.70. The molecule has 2 fully saturated rings. The molecular weight excluding hydrogens is 180 g/mol. The van der Waals surface area contributed by atoms with Crippen LogP contribution in [0.15, 0.2) is 0 Å². The number of amides is 2. The van der Waals surface area contributed by atoms with Crippen molar-refractivity contribution in [1.29, 1.82) is 0 Å². The normalized spacial score (nSPS) is 26.4. The standard InChI is InChI=1S/C10H18N2O2/c13-9-11-6-7-12(9)8-10(14)4-2-1-3-5-10/h14H,1-8H2,(H,11,13). The van der Waals surface area contributed by atoms with Gasteiger partial charge in [-0.1, -0.05) is 19.3 Å². The van der Waals surface area contributed by atoms with Crippen LogP contribution in [0.4, 0.5) is 4.79 Å². The van der Waals surface area contributed by atoms with Crippen LogP contribution in [0.25, 0.3) is 0 Å². The summed E-state index contributed by atoms with van der Waals surface area (Å²) in [5.41, 5.74) is -0.611. The first-order valence-electron chi connectivity index (χ1n) is 5.45. The number of aliphatic hydroxyl groups is 1. The minimum absolute atomic E-state index is 0.0241. The van der Waals surface area contributed by atoms with Crippen LogP contribution in [-0.4, -0.2) is 41.3 Å². The Morgan fingerprint density at radius 2 is 2.07 bits per heavy atom. The van der Waals surface area contributed by atoms with Crippen LogP contribution < -0.4 is 5.32 Å². The van der Waals surface area contributed by atoms with E-state index in [4.69, 9.17) is 0 Å². The molecule has 2 N–H and O–H groups in total. The molecule has 0 radical (unpaired) electrons. The van der Waals surface area contributed by atoms with Gasteiger partial charge < -0.3 is 15.3 Å². The van der Waals surface area contributed by atoms with Gasteiger partial charge in [-0.25, -0.2) is 4.79 Å². The molecule has 0 bridgehead atoms. The molecule has 0 unspecified atom stereocenters. The topological polar surface area (TPSA) is 52.6 Å². The molecule has 0 aromatic rings. The molecule has 1 aliphatic carbocycles. The van der Waals surface area contributed by atoms with Crippen LogP contribution in [-0.2, 0) is 0 Å². The number of carbonyl (C=O) groups is 1. The maximum atomic E-state index is 11.3. The fraction of sp³-hybridized carbons (Fsp3) is 0.900. The molecule has 1 heterocycles. The molecule has 4 nitrogen and oxygen atoms in total. The average Bonchev–Trinajstić information content (AvgIpc) is 2.52. The molecule has 2 aliphatic rings. The van der Waals surface area contributed by atoms with Gasteiger partial charge >= 0.3 is 6.03 Å². The van der Waals surface area contributed by atoms with E-state index in [1.54, 1.807) is 4.90 Å². The molecule has 2 rings (SSSR count). The molecule has 0 aromatic heterocycles. The summed E-state index contributed by atoms with van der Waals surface area (Å²) in [7, 11) is 0. The summed E-state index contributed by atoms with van der Waals surface area (Å²) in [5.74, 6) is 0. The molecule has 80 valence electrons. The van der Waals surface area contributed by atoms with E-state index in [9.17, 15) is 9.90 Å². The van der Waals surface area contributed by atoms with Gasteiger partial charge in [0.2, 0.25) is 0 Å². The van der Waals surface area contributed by atoms with Gasteiger partial charge in [0.05, 0.1) is 12.1 Å². The Morgan fingerprint density at radius 1 is 1.36 bits per heavy atom. The Balaban J connectivity index is 1.91. The smallest absolute Gasteiger partial charge is 0.317 e. The summed E-state index contributed by atoms with van der Waals surface area (Å²) in [6.07, 6.45) is 5.08. The Kier molecular flexibility index (Phi) is 2.63. The number of nitrogens with one attached hydrogen (secondary N) is 1. The second kappa shape index (κ2) is 3.77. The molecular formula is C10H18N2O2. The molecule has 4 heteroatoms. The molecule has 1 saturated heterocycles. The number of rotatable bonds is 2. The molecule has 0 spiro atoms. The molecule has 14 heavy (non-hydrogen) atoms. The third-order valence-electron chi connectivity index (χ3n) is 3.21. The highest BCUT2D eigenvalue weighted by Crippen LogP contribution is 2.29. The second-order valence-corrected chi connectivity index (χ2v) is 4.44. The molecule has 1 saturated carbocycles. The van der Waals surface area contributed by atoms with Gasteiger partial charge in [-0.2, -0.15) is 0 Å². The SMILES string of the molecule is O=C1NCCN1CC1(O)CCCCC1. The minimum Gasteiger partial charge on any atom is -0.388 e. The fourth-order valence-corrected chi connectivity index (χ4v) is 2.39. The average molecular weight is 198 g/mol. The lowest BCUT2D eigenvalue weighted by atomic mass is 9.84. The van der Waals surface area contributed by atoms with Crippen molar-refractivity contribution in [3.05, 3.63) is 0 Å². The van der Waals surface area contributed by atoms with Crippen LogP contribution in [0.2, 0.25) is 0 Å². The van der Waals surface area contributed by atoms with E-state index >= 15 is 0 Å².